The van der Waals surface area contributed by atoms with Crippen LogP contribution < -0.4 is 0 Å². The standard InChI is InChI=1S/C35H67O12PSi/c1-17-19-21-34(46-29(38)32(9,10)11)26(44-28(37)31(6,7)8)25(43-27(36)30(3,4)5)24(23-42-49(15,16)33(12,13)14)45-35(34,22-20-18-2)47-48(39,40)41/h24-26H,17-23H2,1-16H3,(H2,39,40,41)/t24-,25-,26+,34-,35+/m1/s1. The molecule has 0 spiro atoms. The Morgan fingerprint density at radius 2 is 1.20 bits per heavy atom. The predicted octanol–water partition coefficient (Wildman–Crippen LogP) is 7.84. The molecule has 0 aromatic carbocycles. The number of carbonyl (C=O) groups is 3. The second-order valence-electron chi connectivity index (χ2n) is 18.0. The zero-order valence-electron chi connectivity index (χ0n) is 33.1. The number of phosphoric ester groups is 1. The molecule has 0 aromatic rings. The third kappa shape index (κ3) is 11.8. The highest BCUT2D eigenvalue weighted by molar-refractivity contribution is 7.46. The highest BCUT2D eigenvalue weighted by atomic mass is 31.2. The monoisotopic (exact) mass is 738 g/mol. The van der Waals surface area contributed by atoms with Crippen LogP contribution in [0.5, 0.6) is 0 Å². The average Bonchev–Trinajstić information content (AvgIpc) is 2.90. The fourth-order valence-electron chi connectivity index (χ4n) is 4.91. The molecule has 0 saturated carbocycles. The van der Waals surface area contributed by atoms with Crippen LogP contribution in [0.25, 0.3) is 0 Å². The molecule has 0 bridgehead atoms. The van der Waals surface area contributed by atoms with Gasteiger partial charge in [0.1, 0.15) is 6.10 Å². The van der Waals surface area contributed by atoms with E-state index in [1.807, 2.05) is 26.9 Å². The van der Waals surface area contributed by atoms with Gasteiger partial charge in [-0.25, -0.2) is 9.09 Å². The maximum Gasteiger partial charge on any atom is 0.472 e. The molecule has 12 nitrogen and oxygen atoms in total. The minimum Gasteiger partial charge on any atom is -0.455 e. The van der Waals surface area contributed by atoms with E-state index in [9.17, 15) is 28.7 Å². The molecule has 14 heteroatoms. The number of phosphoric acid groups is 1. The van der Waals surface area contributed by atoms with Crippen molar-refractivity contribution in [2.45, 2.75) is 183 Å². The van der Waals surface area contributed by atoms with E-state index in [1.54, 1.807) is 62.3 Å². The Hall–Kier alpha value is -1.34. The topological polar surface area (TPSA) is 164 Å². The first-order chi connectivity index (χ1) is 21.8. The minimum absolute atomic E-state index is 0.101. The van der Waals surface area contributed by atoms with Crippen LogP contribution in [0.3, 0.4) is 0 Å². The van der Waals surface area contributed by atoms with Crippen LogP contribution in [0.2, 0.25) is 18.1 Å². The van der Waals surface area contributed by atoms with Gasteiger partial charge >= 0.3 is 25.7 Å². The second-order valence-corrected chi connectivity index (χ2v) is 24.0. The summed E-state index contributed by atoms with van der Waals surface area (Å²) in [6, 6.07) is 0. The van der Waals surface area contributed by atoms with Crippen LogP contribution in [-0.4, -0.2) is 72.3 Å². The van der Waals surface area contributed by atoms with E-state index in [4.69, 9.17) is 27.9 Å². The Kier molecular flexibility index (Phi) is 15.0. The van der Waals surface area contributed by atoms with Crippen molar-refractivity contribution in [1.29, 1.82) is 0 Å². The van der Waals surface area contributed by atoms with E-state index in [2.05, 4.69) is 20.8 Å². The zero-order chi connectivity index (χ0) is 38.7. The van der Waals surface area contributed by atoms with Gasteiger partial charge in [-0.1, -0.05) is 47.5 Å². The molecule has 0 unspecified atom stereocenters. The van der Waals surface area contributed by atoms with Crippen LogP contribution in [0, 0.1) is 16.2 Å². The van der Waals surface area contributed by atoms with Gasteiger partial charge in [0.15, 0.2) is 20.5 Å². The van der Waals surface area contributed by atoms with Crippen LogP contribution in [-0.2, 0) is 46.8 Å². The van der Waals surface area contributed by atoms with E-state index in [0.29, 0.717) is 25.7 Å². The molecule has 1 saturated heterocycles. The van der Waals surface area contributed by atoms with E-state index >= 15 is 0 Å². The van der Waals surface area contributed by atoms with Gasteiger partial charge in [-0.15, -0.1) is 0 Å². The molecule has 2 N–H and O–H groups in total. The third-order valence-corrected chi connectivity index (χ3v) is 14.2. The lowest BCUT2D eigenvalue weighted by Gasteiger charge is -2.58. The lowest BCUT2D eigenvalue weighted by atomic mass is 9.73. The first-order valence-electron chi connectivity index (χ1n) is 17.5. The summed E-state index contributed by atoms with van der Waals surface area (Å²) in [4.78, 5) is 62.6. The third-order valence-electron chi connectivity index (χ3n) is 9.14. The molecule has 1 aliphatic rings. The van der Waals surface area contributed by atoms with E-state index in [0.717, 1.165) is 0 Å². The average molecular weight is 739 g/mol. The van der Waals surface area contributed by atoms with Gasteiger partial charge in [0.2, 0.25) is 11.4 Å². The van der Waals surface area contributed by atoms with Gasteiger partial charge in [-0.3, -0.25) is 14.4 Å². The summed E-state index contributed by atoms with van der Waals surface area (Å²) >= 11 is 0. The second kappa shape index (κ2) is 16.1. The Morgan fingerprint density at radius 3 is 1.61 bits per heavy atom. The largest absolute Gasteiger partial charge is 0.472 e. The molecular weight excluding hydrogens is 671 g/mol. The van der Waals surface area contributed by atoms with Crippen LogP contribution in [0.15, 0.2) is 0 Å². The SMILES string of the molecule is CCCC[C@@]1(OP(=O)(O)O)O[C@H](CO[Si](C)(C)C(C)(C)C)[C@@H](OC(=O)C(C)(C)C)[C@H](OC(=O)C(C)(C)C)[C@@]1(CCCC)OC(=O)C(C)(C)C. The Labute approximate surface area is 296 Å². The predicted molar refractivity (Wildman–Crippen MR) is 190 cm³/mol. The Balaban J connectivity index is 4.47. The maximum absolute atomic E-state index is 14.0. The quantitative estimate of drug-likeness (QED) is 0.0769. The lowest BCUT2D eigenvalue weighted by Crippen LogP contribution is -2.76. The molecule has 1 rings (SSSR count). The van der Waals surface area contributed by atoms with Crippen molar-refractivity contribution in [3.8, 4) is 0 Å². The number of ether oxygens (including phenoxy) is 4. The number of hydrogen-bond donors (Lipinski definition) is 2. The number of hydrogen-bond acceptors (Lipinski definition) is 10. The van der Waals surface area contributed by atoms with Crippen LogP contribution in [0.1, 0.15) is 135 Å². The molecular formula is C35H67O12PSi. The molecule has 0 amide bonds. The van der Waals surface area contributed by atoms with E-state index < -0.39 is 80.0 Å². The van der Waals surface area contributed by atoms with Crippen molar-refractivity contribution in [3.63, 3.8) is 0 Å². The van der Waals surface area contributed by atoms with E-state index in [1.165, 1.54) is 0 Å². The molecule has 1 fully saturated rings. The number of carbonyl (C=O) groups excluding carboxylic acids is 3. The summed E-state index contributed by atoms with van der Waals surface area (Å²) in [5.74, 6) is -4.48. The normalized spacial score (nSPS) is 25.9. The number of esters is 3. The van der Waals surface area contributed by atoms with Crippen molar-refractivity contribution in [2.75, 3.05) is 6.61 Å². The highest BCUT2D eigenvalue weighted by Crippen LogP contribution is 2.57. The van der Waals surface area contributed by atoms with Crippen LogP contribution in [0.4, 0.5) is 0 Å². The fourth-order valence-corrected chi connectivity index (χ4v) is 6.60. The Bertz CT molecular complexity index is 1190. The Morgan fingerprint density at radius 1 is 0.755 bits per heavy atom. The lowest BCUT2D eigenvalue weighted by molar-refractivity contribution is -0.388. The maximum atomic E-state index is 14.0. The van der Waals surface area contributed by atoms with Crippen molar-refractivity contribution < 1.29 is 56.6 Å². The van der Waals surface area contributed by atoms with E-state index in [-0.39, 0.29) is 24.5 Å². The van der Waals surface area contributed by atoms with Gasteiger partial charge in [-0.05, 0) is 99.7 Å². The summed E-state index contributed by atoms with van der Waals surface area (Å²) < 4.78 is 51.1. The molecule has 0 aromatic heterocycles. The zero-order valence-corrected chi connectivity index (χ0v) is 35.0. The van der Waals surface area contributed by atoms with Crippen molar-refractivity contribution in [2.24, 2.45) is 16.2 Å². The smallest absolute Gasteiger partial charge is 0.455 e. The molecule has 49 heavy (non-hydrogen) atoms. The van der Waals surface area contributed by atoms with Gasteiger partial charge < -0.3 is 33.2 Å². The molecule has 1 aliphatic heterocycles. The summed E-state index contributed by atoms with van der Waals surface area (Å²) in [7, 11) is -7.92. The summed E-state index contributed by atoms with van der Waals surface area (Å²) in [5.41, 5.74) is -5.39. The first kappa shape index (κ1) is 45.7. The van der Waals surface area contributed by atoms with Gasteiger partial charge in [-0.2, -0.15) is 0 Å². The molecule has 1 heterocycles. The molecule has 0 aliphatic carbocycles. The van der Waals surface area contributed by atoms with Crippen molar-refractivity contribution in [3.05, 3.63) is 0 Å². The van der Waals surface area contributed by atoms with Crippen molar-refractivity contribution >= 4 is 34.0 Å². The summed E-state index contributed by atoms with van der Waals surface area (Å²) in [6.07, 6.45) is -2.80. The minimum atomic E-state index is -5.40. The van der Waals surface area contributed by atoms with Gasteiger partial charge in [0.25, 0.3) is 0 Å². The molecule has 5 atom stereocenters. The van der Waals surface area contributed by atoms with Gasteiger partial charge in [0.05, 0.1) is 22.9 Å². The van der Waals surface area contributed by atoms with Crippen LogP contribution >= 0.6 is 7.82 Å². The highest BCUT2D eigenvalue weighted by Gasteiger charge is 2.72. The van der Waals surface area contributed by atoms with Crippen molar-refractivity contribution in [1.82, 2.24) is 0 Å². The molecule has 288 valence electrons. The fraction of sp³-hybridized carbons (Fsp3) is 0.914. The van der Waals surface area contributed by atoms with Gasteiger partial charge in [0, 0.05) is 6.42 Å². The number of unbranched alkanes of at least 4 members (excludes halogenated alkanes) is 2. The number of rotatable bonds is 14. The first-order valence-corrected chi connectivity index (χ1v) is 22.0. The summed E-state index contributed by atoms with van der Waals surface area (Å²) in [5, 5.41) is -0.244. The summed E-state index contributed by atoms with van der Waals surface area (Å²) in [6.45, 7) is 28.6. The molecule has 0 radical (unpaired) electrons.